The average Bonchev–Trinajstić information content (AvgIpc) is 3.07. The molecule has 8 heteroatoms. The van der Waals surface area contributed by atoms with Gasteiger partial charge in [0.15, 0.2) is 5.71 Å². The van der Waals surface area contributed by atoms with Crippen molar-refractivity contribution in [3.63, 3.8) is 0 Å². The van der Waals surface area contributed by atoms with Crippen LogP contribution in [0.3, 0.4) is 0 Å². The second kappa shape index (κ2) is 7.16. The molecule has 1 heterocycles. The number of anilines is 1. The highest BCUT2D eigenvalue weighted by atomic mass is 16.6. The Bertz CT molecular complexity index is 868. The summed E-state index contributed by atoms with van der Waals surface area (Å²) >= 11 is 0. The molecule has 0 bridgehead atoms. The molecule has 1 unspecified atom stereocenters. The van der Waals surface area contributed by atoms with Crippen LogP contribution < -0.4 is 5.32 Å². The molecule has 2 aromatic rings. The Morgan fingerprint density at radius 1 is 1.40 bits per heavy atom. The number of benzene rings is 1. The molecule has 1 aromatic heterocycles. The molecule has 25 heavy (non-hydrogen) atoms. The van der Waals surface area contributed by atoms with Crippen LogP contribution in [0.5, 0.6) is 0 Å². The van der Waals surface area contributed by atoms with Gasteiger partial charge in [0.25, 0.3) is 5.91 Å². The van der Waals surface area contributed by atoms with Gasteiger partial charge in [0, 0.05) is 39.7 Å². The van der Waals surface area contributed by atoms with Crippen LogP contribution in [0.15, 0.2) is 47.3 Å². The van der Waals surface area contributed by atoms with Crippen molar-refractivity contribution in [3.05, 3.63) is 52.2 Å². The Labute approximate surface area is 143 Å². The maximum Gasteiger partial charge on any atom is 0.277 e. The molecule has 1 aliphatic rings. The van der Waals surface area contributed by atoms with Crippen molar-refractivity contribution < 1.29 is 14.9 Å². The van der Waals surface area contributed by atoms with Gasteiger partial charge in [-0.2, -0.15) is 0 Å². The number of fused-ring (bicyclic) bond motifs is 1. The number of carbonyl (C=O) groups is 1. The molecule has 0 spiro atoms. The largest absolute Gasteiger partial charge is 0.410 e. The second-order valence-electron chi connectivity index (χ2n) is 5.99. The predicted octanol–water partition coefficient (Wildman–Crippen LogP) is 3.08. The van der Waals surface area contributed by atoms with Crippen molar-refractivity contribution in [1.29, 1.82) is 0 Å². The van der Waals surface area contributed by atoms with Crippen molar-refractivity contribution in [3.8, 4) is 0 Å². The Hall–Kier alpha value is -3.16. The van der Waals surface area contributed by atoms with E-state index in [9.17, 15) is 20.1 Å². The molecular weight excluding hydrogens is 324 g/mol. The van der Waals surface area contributed by atoms with Crippen molar-refractivity contribution in [2.45, 2.75) is 31.7 Å². The molecule has 0 aliphatic heterocycles. The molecule has 3 rings (SSSR count). The zero-order valence-corrected chi connectivity index (χ0v) is 13.4. The Balaban J connectivity index is 1.78. The number of H-pyrrole nitrogens is 1. The van der Waals surface area contributed by atoms with Gasteiger partial charge in [-0.1, -0.05) is 5.16 Å². The molecule has 1 amide bonds. The van der Waals surface area contributed by atoms with Crippen molar-refractivity contribution >= 4 is 28.2 Å². The number of aromatic nitrogens is 1. The first kappa shape index (κ1) is 16.7. The first-order valence-corrected chi connectivity index (χ1v) is 8.03. The van der Waals surface area contributed by atoms with E-state index in [1.807, 2.05) is 12.1 Å². The summed E-state index contributed by atoms with van der Waals surface area (Å²) in [6, 6.07) is 6.38. The quantitative estimate of drug-likeness (QED) is 0.342. The topological polar surface area (TPSA) is 121 Å². The molecule has 1 aromatic carbocycles. The molecule has 0 radical (unpaired) electrons. The summed E-state index contributed by atoms with van der Waals surface area (Å²) in [5, 5.41) is 26.9. The average molecular weight is 342 g/mol. The molecule has 8 nitrogen and oxygen atoms in total. The van der Waals surface area contributed by atoms with E-state index >= 15 is 0 Å². The van der Waals surface area contributed by atoms with Gasteiger partial charge in [0.05, 0.1) is 0 Å². The third-order valence-electron chi connectivity index (χ3n) is 4.35. The normalized spacial score (nSPS) is 19.9. The minimum atomic E-state index is -0.825. The fraction of sp³-hybridized carbons (Fsp3) is 0.294. The van der Waals surface area contributed by atoms with E-state index in [0.717, 1.165) is 23.7 Å². The minimum absolute atomic E-state index is 0.238. The summed E-state index contributed by atoms with van der Waals surface area (Å²) in [4.78, 5) is 26.2. The van der Waals surface area contributed by atoms with Gasteiger partial charge in [-0.3, -0.25) is 14.9 Å². The number of nitro groups is 1. The summed E-state index contributed by atoms with van der Waals surface area (Å²) in [6.07, 6.45) is 5.67. The van der Waals surface area contributed by atoms with Crippen LogP contribution in [0.25, 0.3) is 10.9 Å². The Morgan fingerprint density at radius 2 is 2.24 bits per heavy atom. The van der Waals surface area contributed by atoms with E-state index < -0.39 is 11.9 Å². The number of hydrogen-bond acceptors (Lipinski definition) is 5. The van der Waals surface area contributed by atoms with Crippen LogP contribution in [0.2, 0.25) is 0 Å². The highest BCUT2D eigenvalue weighted by molar-refractivity contribution is 6.47. The van der Waals surface area contributed by atoms with Gasteiger partial charge in [-0.25, -0.2) is 0 Å². The van der Waals surface area contributed by atoms with Gasteiger partial charge >= 0.3 is 0 Å². The lowest BCUT2D eigenvalue weighted by Crippen LogP contribution is -2.28. The number of nitrogens with one attached hydrogen (secondary N) is 2. The van der Waals surface area contributed by atoms with E-state index in [4.69, 9.17) is 0 Å². The van der Waals surface area contributed by atoms with Crippen molar-refractivity contribution in [1.82, 2.24) is 4.98 Å². The Kier molecular flexibility index (Phi) is 4.78. The lowest BCUT2D eigenvalue weighted by molar-refractivity contribution is -0.514. The van der Waals surface area contributed by atoms with Crippen LogP contribution in [-0.2, 0) is 4.79 Å². The van der Waals surface area contributed by atoms with Crippen LogP contribution in [-0.4, -0.2) is 32.8 Å². The highest BCUT2D eigenvalue weighted by Crippen LogP contribution is 2.26. The lowest BCUT2D eigenvalue weighted by Gasteiger charge is -2.18. The maximum atomic E-state index is 12.3. The summed E-state index contributed by atoms with van der Waals surface area (Å²) < 4.78 is 0. The molecule has 1 aliphatic carbocycles. The van der Waals surface area contributed by atoms with Gasteiger partial charge in [0.2, 0.25) is 6.04 Å². The standard InChI is InChI=1S/C17H18N4O4/c22-17(19-13-5-6-14-11(9-13)7-8-18-14)15(20-23)10-12-3-1-2-4-16(12)21(24)25/h5-10,16,18,23H,1-4H2,(H,19,22)/b12-10+,20-15+. The van der Waals surface area contributed by atoms with Gasteiger partial charge in [0.1, 0.15) is 0 Å². The summed E-state index contributed by atoms with van der Waals surface area (Å²) in [5.41, 5.74) is 1.76. The fourth-order valence-electron chi connectivity index (χ4n) is 3.07. The number of rotatable bonds is 4. The van der Waals surface area contributed by atoms with E-state index in [1.165, 1.54) is 6.08 Å². The third kappa shape index (κ3) is 3.68. The number of nitrogens with zero attached hydrogens (tertiary/aromatic N) is 2. The molecule has 0 saturated heterocycles. The van der Waals surface area contributed by atoms with E-state index in [0.29, 0.717) is 24.1 Å². The second-order valence-corrected chi connectivity index (χ2v) is 5.99. The number of hydrogen-bond donors (Lipinski definition) is 3. The van der Waals surface area contributed by atoms with Crippen LogP contribution in [0.1, 0.15) is 25.7 Å². The SMILES string of the molecule is O=C(Nc1ccc2[nH]ccc2c1)C(/C=C1\CCCCC1[N+](=O)[O-])=N/O. The predicted molar refractivity (Wildman–Crippen MR) is 93.5 cm³/mol. The monoisotopic (exact) mass is 342 g/mol. The van der Waals surface area contributed by atoms with Gasteiger partial charge < -0.3 is 15.5 Å². The maximum absolute atomic E-state index is 12.3. The zero-order chi connectivity index (χ0) is 17.8. The van der Waals surface area contributed by atoms with E-state index in [1.54, 1.807) is 18.3 Å². The number of aromatic amines is 1. The number of amides is 1. The smallest absolute Gasteiger partial charge is 0.277 e. The van der Waals surface area contributed by atoms with Gasteiger partial charge in [-0.05, 0) is 49.6 Å². The van der Waals surface area contributed by atoms with E-state index in [2.05, 4.69) is 15.5 Å². The molecule has 1 saturated carbocycles. The minimum Gasteiger partial charge on any atom is -0.410 e. The first-order chi connectivity index (χ1) is 12.1. The molecule has 130 valence electrons. The van der Waals surface area contributed by atoms with Gasteiger partial charge in [-0.15, -0.1) is 0 Å². The first-order valence-electron chi connectivity index (χ1n) is 8.03. The summed E-state index contributed by atoms with van der Waals surface area (Å²) in [7, 11) is 0. The van der Waals surface area contributed by atoms with Crippen LogP contribution in [0.4, 0.5) is 5.69 Å². The third-order valence-corrected chi connectivity index (χ3v) is 4.35. The fourth-order valence-corrected chi connectivity index (χ4v) is 3.07. The zero-order valence-electron chi connectivity index (χ0n) is 13.4. The lowest BCUT2D eigenvalue weighted by atomic mass is 9.89. The van der Waals surface area contributed by atoms with Crippen LogP contribution in [0, 0.1) is 10.1 Å². The number of carbonyl (C=O) groups excluding carboxylic acids is 1. The Morgan fingerprint density at radius 3 is 3.00 bits per heavy atom. The van der Waals surface area contributed by atoms with Crippen molar-refractivity contribution in [2.24, 2.45) is 5.16 Å². The molecule has 1 fully saturated rings. The van der Waals surface area contributed by atoms with E-state index in [-0.39, 0.29) is 10.6 Å². The summed E-state index contributed by atoms with van der Waals surface area (Å²) in [5.74, 6) is -0.613. The summed E-state index contributed by atoms with van der Waals surface area (Å²) in [6.45, 7) is 0. The van der Waals surface area contributed by atoms with Crippen molar-refractivity contribution in [2.75, 3.05) is 5.32 Å². The van der Waals surface area contributed by atoms with Crippen LogP contribution >= 0.6 is 0 Å². The molecule has 3 N–H and O–H groups in total. The molecule has 1 atom stereocenters. The highest BCUT2D eigenvalue weighted by Gasteiger charge is 2.29. The number of oxime groups is 1. The molecular formula is C17H18N4O4.